The van der Waals surface area contributed by atoms with E-state index in [9.17, 15) is 9.90 Å². The average Bonchev–Trinajstić information content (AvgIpc) is 3.25. The molecule has 1 aliphatic rings. The van der Waals surface area contributed by atoms with Crippen LogP contribution in [0, 0.1) is 0 Å². The van der Waals surface area contributed by atoms with Crippen LogP contribution < -0.4 is 5.43 Å². The van der Waals surface area contributed by atoms with Crippen molar-refractivity contribution >= 4 is 32.5 Å². The van der Waals surface area contributed by atoms with Crippen LogP contribution in [0.25, 0.3) is 31.8 Å². The molecule has 5 rings (SSSR count). The second-order valence-corrected chi connectivity index (χ2v) is 9.77. The van der Waals surface area contributed by atoms with Gasteiger partial charge in [-0.2, -0.15) is 0 Å². The number of benzene rings is 2. The van der Waals surface area contributed by atoms with Crippen LogP contribution in [0.2, 0.25) is 0 Å². The molecule has 6 nitrogen and oxygen atoms in total. The fraction of sp³-hybridized carbons (Fsp3) is 0.385. The zero-order valence-corrected chi connectivity index (χ0v) is 20.2. The Bertz CT molecular complexity index is 1350. The Morgan fingerprint density at radius 2 is 1.88 bits per heavy atom. The second-order valence-electron chi connectivity index (χ2n) is 8.74. The zero-order valence-electron chi connectivity index (χ0n) is 19.4. The molecule has 1 N–H and O–H groups in total. The van der Waals surface area contributed by atoms with E-state index in [1.54, 1.807) is 6.07 Å². The quantitative estimate of drug-likeness (QED) is 0.465. The molecule has 0 saturated carbocycles. The van der Waals surface area contributed by atoms with Crippen molar-refractivity contribution in [2.45, 2.75) is 33.2 Å². The summed E-state index contributed by atoms with van der Waals surface area (Å²) < 4.78 is 7.46. The van der Waals surface area contributed by atoms with Crippen LogP contribution in [0.5, 0.6) is 5.75 Å². The third-order valence-corrected chi connectivity index (χ3v) is 7.64. The number of rotatable bonds is 5. The van der Waals surface area contributed by atoms with Gasteiger partial charge in [0.25, 0.3) is 0 Å². The summed E-state index contributed by atoms with van der Waals surface area (Å²) in [6, 6.07) is 9.72. The molecule has 0 atom stereocenters. The SMILES string of the molecule is CCc1cc2c(=O)c(-c3nc4ccccc4s3)c(CC)oc2c(CN2CCN(C)CC2)c1O. The number of nitrogens with zero attached hydrogens (tertiary/aromatic N) is 3. The van der Waals surface area contributed by atoms with Crippen LogP contribution in [0.1, 0.15) is 30.7 Å². The van der Waals surface area contributed by atoms with Crippen molar-refractivity contribution in [3.63, 3.8) is 0 Å². The third kappa shape index (κ3) is 3.94. The topological polar surface area (TPSA) is 69.8 Å². The Labute approximate surface area is 197 Å². The first-order chi connectivity index (χ1) is 16.0. The standard InChI is InChI=1S/C26H29N3O3S/c1-4-16-14-17-24(31)22(26-27-19-8-6-7-9-21(19)33-26)20(5-2)32-25(17)18(23(16)30)15-29-12-10-28(3)11-13-29/h6-9,14,30H,4-5,10-13,15H2,1-3H3. The molecule has 33 heavy (non-hydrogen) atoms. The van der Waals surface area contributed by atoms with E-state index in [0.717, 1.165) is 47.5 Å². The molecule has 172 valence electrons. The highest BCUT2D eigenvalue weighted by Gasteiger charge is 2.25. The number of aromatic hydroxyl groups is 1. The minimum atomic E-state index is -0.0681. The average molecular weight is 464 g/mol. The summed E-state index contributed by atoms with van der Waals surface area (Å²) in [5.41, 5.74) is 3.37. The minimum Gasteiger partial charge on any atom is -0.507 e. The van der Waals surface area contributed by atoms with Crippen molar-refractivity contribution in [1.82, 2.24) is 14.8 Å². The Hall–Kier alpha value is -2.74. The number of thiazole rings is 1. The molecule has 0 radical (unpaired) electrons. The molecule has 3 heterocycles. The Morgan fingerprint density at radius 3 is 2.58 bits per heavy atom. The van der Waals surface area contributed by atoms with Gasteiger partial charge < -0.3 is 14.4 Å². The Morgan fingerprint density at radius 1 is 1.12 bits per heavy atom. The molecule has 1 saturated heterocycles. The van der Waals surface area contributed by atoms with E-state index in [4.69, 9.17) is 9.40 Å². The lowest BCUT2D eigenvalue weighted by molar-refractivity contribution is 0.147. The van der Waals surface area contributed by atoms with E-state index in [2.05, 4.69) is 16.8 Å². The van der Waals surface area contributed by atoms with Gasteiger partial charge in [0, 0.05) is 39.1 Å². The fourth-order valence-electron chi connectivity index (χ4n) is 4.58. The lowest BCUT2D eigenvalue weighted by atomic mass is 9.99. The molecule has 7 heteroatoms. The van der Waals surface area contributed by atoms with Crippen molar-refractivity contribution in [2.24, 2.45) is 0 Å². The second kappa shape index (κ2) is 8.89. The molecule has 1 aliphatic heterocycles. The number of hydrogen-bond acceptors (Lipinski definition) is 7. The normalized spacial score (nSPS) is 15.6. The van der Waals surface area contributed by atoms with Crippen LogP contribution in [0.3, 0.4) is 0 Å². The maximum Gasteiger partial charge on any atom is 0.203 e. The van der Waals surface area contributed by atoms with Gasteiger partial charge in [-0.1, -0.05) is 26.0 Å². The third-order valence-electron chi connectivity index (χ3n) is 6.59. The molecule has 2 aromatic carbocycles. The van der Waals surface area contributed by atoms with Gasteiger partial charge in [-0.05, 0) is 37.2 Å². The van der Waals surface area contributed by atoms with E-state index in [1.165, 1.54) is 11.3 Å². The van der Waals surface area contributed by atoms with Gasteiger partial charge in [-0.15, -0.1) is 11.3 Å². The predicted octanol–water partition coefficient (Wildman–Crippen LogP) is 4.65. The monoisotopic (exact) mass is 463 g/mol. The minimum absolute atomic E-state index is 0.0681. The van der Waals surface area contributed by atoms with Crippen LogP contribution in [0.15, 0.2) is 39.5 Å². The molecule has 0 amide bonds. The number of phenols is 1. The number of phenolic OH excluding ortho intramolecular Hbond substituents is 1. The number of piperazine rings is 1. The van der Waals surface area contributed by atoms with Gasteiger partial charge in [0.05, 0.1) is 26.7 Å². The van der Waals surface area contributed by atoms with Crippen molar-refractivity contribution in [3.05, 3.63) is 57.4 Å². The highest BCUT2D eigenvalue weighted by atomic mass is 32.1. The van der Waals surface area contributed by atoms with Gasteiger partial charge in [-0.25, -0.2) is 4.98 Å². The van der Waals surface area contributed by atoms with E-state index in [1.807, 2.05) is 38.1 Å². The molecule has 0 bridgehead atoms. The molecule has 0 unspecified atom stereocenters. The maximum atomic E-state index is 13.9. The summed E-state index contributed by atoms with van der Waals surface area (Å²) in [6.45, 7) is 8.36. The lowest BCUT2D eigenvalue weighted by Crippen LogP contribution is -2.43. The van der Waals surface area contributed by atoms with Gasteiger partial charge in [-0.3, -0.25) is 9.69 Å². The van der Waals surface area contributed by atoms with Crippen molar-refractivity contribution < 1.29 is 9.52 Å². The fourth-order valence-corrected chi connectivity index (χ4v) is 5.61. The maximum absolute atomic E-state index is 13.9. The molecule has 0 spiro atoms. The van der Waals surface area contributed by atoms with Gasteiger partial charge in [0.1, 0.15) is 22.1 Å². The molecule has 4 aromatic rings. The van der Waals surface area contributed by atoms with Crippen LogP contribution in [0.4, 0.5) is 0 Å². The van der Waals surface area contributed by atoms with E-state index in [-0.39, 0.29) is 11.2 Å². The van der Waals surface area contributed by atoms with E-state index < -0.39 is 0 Å². The van der Waals surface area contributed by atoms with Crippen molar-refractivity contribution in [1.29, 1.82) is 0 Å². The Kier molecular flexibility index (Phi) is 5.95. The number of likely N-dealkylation sites (N-methyl/N-ethyl adjacent to an activating group) is 1. The summed E-state index contributed by atoms with van der Waals surface area (Å²) in [5, 5.41) is 12.3. The smallest absolute Gasteiger partial charge is 0.203 e. The highest BCUT2D eigenvalue weighted by molar-refractivity contribution is 7.21. The summed E-state index contributed by atoms with van der Waals surface area (Å²) in [7, 11) is 2.12. The largest absolute Gasteiger partial charge is 0.507 e. The summed E-state index contributed by atoms with van der Waals surface area (Å²) >= 11 is 1.52. The molecular weight excluding hydrogens is 434 g/mol. The molecular formula is C26H29N3O3S. The number of hydrogen-bond donors (Lipinski definition) is 1. The molecule has 1 fully saturated rings. The van der Waals surface area contributed by atoms with Gasteiger partial charge >= 0.3 is 0 Å². The first kappa shape index (κ1) is 22.1. The predicted molar refractivity (Wildman–Crippen MR) is 134 cm³/mol. The highest BCUT2D eigenvalue weighted by Crippen LogP contribution is 2.36. The number of para-hydroxylation sites is 1. The first-order valence-electron chi connectivity index (χ1n) is 11.6. The van der Waals surface area contributed by atoms with Crippen LogP contribution >= 0.6 is 11.3 Å². The number of fused-ring (bicyclic) bond motifs is 2. The summed E-state index contributed by atoms with van der Waals surface area (Å²) in [4.78, 5) is 23.2. The Balaban J connectivity index is 1.71. The van der Waals surface area contributed by atoms with Crippen LogP contribution in [-0.4, -0.2) is 53.1 Å². The van der Waals surface area contributed by atoms with Gasteiger partial charge in [0.2, 0.25) is 5.43 Å². The van der Waals surface area contributed by atoms with Crippen molar-refractivity contribution in [2.75, 3.05) is 33.2 Å². The van der Waals surface area contributed by atoms with E-state index in [0.29, 0.717) is 46.7 Å². The lowest BCUT2D eigenvalue weighted by Gasteiger charge is -2.32. The summed E-state index contributed by atoms with van der Waals surface area (Å²) in [6.07, 6.45) is 1.21. The number of aromatic nitrogens is 1. The zero-order chi connectivity index (χ0) is 23.1. The molecule has 0 aliphatic carbocycles. The van der Waals surface area contributed by atoms with Crippen molar-refractivity contribution in [3.8, 4) is 16.3 Å². The van der Waals surface area contributed by atoms with Crippen LogP contribution in [-0.2, 0) is 19.4 Å². The summed E-state index contributed by atoms with van der Waals surface area (Å²) in [5.74, 6) is 0.872. The molecule has 2 aromatic heterocycles. The van der Waals surface area contributed by atoms with E-state index >= 15 is 0 Å². The first-order valence-corrected chi connectivity index (χ1v) is 12.4. The van der Waals surface area contributed by atoms with Gasteiger partial charge in [0.15, 0.2) is 0 Å². The number of aryl methyl sites for hydroxylation is 2.